The molecule has 2 fully saturated rings. The van der Waals surface area contributed by atoms with Crippen molar-refractivity contribution in [3.8, 4) is 0 Å². The van der Waals surface area contributed by atoms with Crippen LogP contribution < -0.4 is 4.90 Å². The van der Waals surface area contributed by atoms with Gasteiger partial charge in [0.05, 0.1) is 0 Å². The highest BCUT2D eigenvalue weighted by molar-refractivity contribution is 6.20. The van der Waals surface area contributed by atoms with E-state index >= 15 is 0 Å². The summed E-state index contributed by atoms with van der Waals surface area (Å²) in [4.78, 5) is 2.30. The van der Waals surface area contributed by atoms with Crippen molar-refractivity contribution in [2.24, 2.45) is 5.92 Å². The highest BCUT2D eigenvalue weighted by Gasteiger charge is 2.37. The number of nitrogens with zero attached hydrogens (tertiary/aromatic N) is 3. The third kappa shape index (κ3) is 2.03. The summed E-state index contributed by atoms with van der Waals surface area (Å²) in [5.74, 6) is 1.36. The number of hydrogen-bond donors (Lipinski definition) is 0. The maximum absolute atomic E-state index is 5.95. The Labute approximate surface area is 106 Å². The van der Waals surface area contributed by atoms with Crippen LogP contribution >= 0.6 is 11.6 Å². The molecule has 94 valence electrons. The molecule has 1 aromatic rings. The van der Waals surface area contributed by atoms with Crippen LogP contribution in [-0.4, -0.2) is 22.8 Å². The van der Waals surface area contributed by atoms with Gasteiger partial charge in [-0.25, -0.2) is 0 Å². The van der Waals surface area contributed by atoms with E-state index in [1.807, 2.05) is 6.92 Å². The summed E-state index contributed by atoms with van der Waals surface area (Å²) in [7, 11) is 0. The highest BCUT2D eigenvalue weighted by atomic mass is 35.5. The van der Waals surface area contributed by atoms with E-state index in [1.54, 1.807) is 0 Å². The van der Waals surface area contributed by atoms with E-state index < -0.39 is 0 Å². The first-order valence-corrected chi connectivity index (χ1v) is 6.93. The third-order valence-electron chi connectivity index (χ3n) is 4.01. The van der Waals surface area contributed by atoms with Crippen LogP contribution in [0.15, 0.2) is 4.42 Å². The summed E-state index contributed by atoms with van der Waals surface area (Å²) >= 11 is 5.95. The Morgan fingerprint density at radius 3 is 2.88 bits per heavy atom. The molecule has 1 aliphatic carbocycles. The van der Waals surface area contributed by atoms with Crippen LogP contribution in [0.4, 0.5) is 6.01 Å². The molecule has 0 spiro atoms. The monoisotopic (exact) mass is 255 g/mol. The number of fused-ring (bicyclic) bond motifs is 1. The van der Waals surface area contributed by atoms with Gasteiger partial charge in [0.25, 0.3) is 0 Å². The second-order valence-corrected chi connectivity index (χ2v) is 5.79. The number of rotatable bonds is 2. The summed E-state index contributed by atoms with van der Waals surface area (Å²) in [5, 5.41) is 7.95. The summed E-state index contributed by atoms with van der Waals surface area (Å²) in [6.07, 6.45) is 6.54. The molecule has 1 saturated heterocycles. The zero-order valence-corrected chi connectivity index (χ0v) is 10.9. The van der Waals surface area contributed by atoms with Gasteiger partial charge in [0.1, 0.15) is 5.38 Å². The molecule has 17 heavy (non-hydrogen) atoms. The Hall–Kier alpha value is -0.770. The minimum absolute atomic E-state index is 0.208. The minimum atomic E-state index is -0.208. The largest absolute Gasteiger partial charge is 0.406 e. The van der Waals surface area contributed by atoms with E-state index in [-0.39, 0.29) is 5.38 Å². The van der Waals surface area contributed by atoms with E-state index in [1.165, 1.54) is 32.1 Å². The van der Waals surface area contributed by atoms with Crippen LogP contribution in [0, 0.1) is 5.92 Å². The molecule has 5 heteroatoms. The Kier molecular flexibility index (Phi) is 2.99. The number of halogens is 1. The summed E-state index contributed by atoms with van der Waals surface area (Å²) in [6.45, 7) is 2.90. The molecule has 2 aliphatic rings. The van der Waals surface area contributed by atoms with Crippen molar-refractivity contribution >= 4 is 17.6 Å². The van der Waals surface area contributed by atoms with E-state index in [4.69, 9.17) is 16.0 Å². The van der Waals surface area contributed by atoms with Gasteiger partial charge in [0, 0.05) is 12.6 Å². The van der Waals surface area contributed by atoms with Crippen LogP contribution in [0.25, 0.3) is 0 Å². The Morgan fingerprint density at radius 1 is 1.29 bits per heavy atom. The molecule has 2 heterocycles. The van der Waals surface area contributed by atoms with Gasteiger partial charge >= 0.3 is 6.01 Å². The first kappa shape index (κ1) is 11.3. The van der Waals surface area contributed by atoms with Crippen molar-refractivity contribution in [1.82, 2.24) is 10.2 Å². The third-order valence-corrected chi connectivity index (χ3v) is 4.20. The minimum Gasteiger partial charge on any atom is -0.406 e. The molecule has 0 bridgehead atoms. The SMILES string of the molecule is CC(Cl)c1nnc(N2CCCC3CCCC32)o1. The zero-order valence-electron chi connectivity index (χ0n) is 10.1. The number of hydrogen-bond acceptors (Lipinski definition) is 4. The van der Waals surface area contributed by atoms with Crippen LogP contribution in [0.3, 0.4) is 0 Å². The van der Waals surface area contributed by atoms with Gasteiger partial charge in [-0.05, 0) is 38.5 Å². The van der Waals surface area contributed by atoms with Gasteiger partial charge in [-0.1, -0.05) is 11.5 Å². The predicted molar refractivity (Wildman–Crippen MR) is 66.3 cm³/mol. The van der Waals surface area contributed by atoms with Crippen molar-refractivity contribution < 1.29 is 4.42 Å². The molecular formula is C12H18ClN3O. The van der Waals surface area contributed by atoms with Crippen LogP contribution in [-0.2, 0) is 0 Å². The molecule has 0 radical (unpaired) electrons. The fourth-order valence-electron chi connectivity index (χ4n) is 3.19. The van der Waals surface area contributed by atoms with Crippen molar-refractivity contribution in [2.45, 2.75) is 50.4 Å². The maximum atomic E-state index is 5.95. The van der Waals surface area contributed by atoms with Gasteiger partial charge < -0.3 is 9.32 Å². The summed E-state index contributed by atoms with van der Waals surface area (Å²) in [5.41, 5.74) is 0. The van der Waals surface area contributed by atoms with Gasteiger partial charge in [0.2, 0.25) is 5.89 Å². The topological polar surface area (TPSA) is 42.2 Å². The second-order valence-electron chi connectivity index (χ2n) is 5.13. The van der Waals surface area contributed by atoms with Crippen molar-refractivity contribution in [1.29, 1.82) is 0 Å². The molecule has 3 atom stereocenters. The van der Waals surface area contributed by atoms with Crippen LogP contribution in [0.1, 0.15) is 50.3 Å². The van der Waals surface area contributed by atoms with Crippen molar-refractivity contribution in [2.75, 3.05) is 11.4 Å². The molecule has 0 aromatic carbocycles. The Morgan fingerprint density at radius 2 is 2.12 bits per heavy atom. The predicted octanol–water partition coefficient (Wildman–Crippen LogP) is 3.14. The quantitative estimate of drug-likeness (QED) is 0.762. The Bertz CT molecular complexity index is 393. The normalized spacial score (nSPS) is 30.4. The summed E-state index contributed by atoms with van der Waals surface area (Å²) in [6, 6.07) is 1.28. The van der Waals surface area contributed by atoms with E-state index in [2.05, 4.69) is 15.1 Å². The standard InChI is InChI=1S/C12H18ClN3O/c1-8(13)11-14-15-12(17-11)16-7-3-5-9-4-2-6-10(9)16/h8-10H,2-7H2,1H3. The molecule has 1 aromatic heterocycles. The van der Waals surface area contributed by atoms with Gasteiger partial charge in [-0.3, -0.25) is 0 Å². The van der Waals surface area contributed by atoms with Gasteiger partial charge in [-0.15, -0.1) is 16.7 Å². The average Bonchev–Trinajstić information content (AvgIpc) is 2.97. The number of anilines is 1. The average molecular weight is 256 g/mol. The van der Waals surface area contributed by atoms with E-state index in [0.29, 0.717) is 17.9 Å². The second kappa shape index (κ2) is 4.48. The zero-order chi connectivity index (χ0) is 11.8. The summed E-state index contributed by atoms with van der Waals surface area (Å²) < 4.78 is 5.66. The van der Waals surface area contributed by atoms with Gasteiger partial charge in [0.15, 0.2) is 0 Å². The molecule has 1 aliphatic heterocycles. The lowest BCUT2D eigenvalue weighted by Crippen LogP contribution is -2.42. The molecule has 3 unspecified atom stereocenters. The van der Waals surface area contributed by atoms with Crippen molar-refractivity contribution in [3.05, 3.63) is 5.89 Å². The van der Waals surface area contributed by atoms with Gasteiger partial charge in [-0.2, -0.15) is 0 Å². The first-order valence-electron chi connectivity index (χ1n) is 6.50. The number of alkyl halides is 1. The number of aromatic nitrogens is 2. The molecular weight excluding hydrogens is 238 g/mol. The lowest BCUT2D eigenvalue weighted by molar-refractivity contribution is 0.339. The fraction of sp³-hybridized carbons (Fsp3) is 0.833. The van der Waals surface area contributed by atoms with E-state index in [9.17, 15) is 0 Å². The lowest BCUT2D eigenvalue weighted by Gasteiger charge is -2.36. The molecule has 0 N–H and O–H groups in total. The molecule has 3 rings (SSSR count). The Balaban J connectivity index is 1.81. The first-order chi connectivity index (χ1) is 8.25. The van der Waals surface area contributed by atoms with E-state index in [0.717, 1.165) is 12.5 Å². The van der Waals surface area contributed by atoms with Crippen molar-refractivity contribution in [3.63, 3.8) is 0 Å². The lowest BCUT2D eigenvalue weighted by atomic mass is 9.92. The molecule has 1 saturated carbocycles. The van der Waals surface area contributed by atoms with Crippen LogP contribution in [0.5, 0.6) is 0 Å². The molecule has 0 amide bonds. The fourth-order valence-corrected chi connectivity index (χ4v) is 3.28. The maximum Gasteiger partial charge on any atom is 0.318 e. The smallest absolute Gasteiger partial charge is 0.318 e. The number of piperidine rings is 1. The highest BCUT2D eigenvalue weighted by Crippen LogP contribution is 2.38. The molecule has 4 nitrogen and oxygen atoms in total. The van der Waals surface area contributed by atoms with Crippen LogP contribution in [0.2, 0.25) is 0 Å².